The van der Waals surface area contributed by atoms with Gasteiger partial charge in [-0.15, -0.1) is 0 Å². The average Bonchev–Trinajstić information content (AvgIpc) is 3.44. The van der Waals surface area contributed by atoms with E-state index in [1.165, 1.54) is 6.07 Å². The van der Waals surface area contributed by atoms with Gasteiger partial charge in [-0.1, -0.05) is 31.1 Å². The van der Waals surface area contributed by atoms with Crippen LogP contribution in [-0.2, 0) is 20.8 Å². The number of aromatic nitrogens is 1. The fraction of sp³-hybridized carbons (Fsp3) is 0.583. The number of amides is 1. The zero-order valence-electron chi connectivity index (χ0n) is 18.9. The molecule has 32 heavy (non-hydrogen) atoms. The van der Waals surface area contributed by atoms with Crippen LogP contribution in [0.2, 0.25) is 0 Å². The molecule has 1 aromatic heterocycles. The first-order valence-corrected chi connectivity index (χ1v) is 11.5. The summed E-state index contributed by atoms with van der Waals surface area (Å²) in [5, 5.41) is 4.26. The fourth-order valence-corrected chi connectivity index (χ4v) is 4.28. The summed E-state index contributed by atoms with van der Waals surface area (Å²) < 4.78 is 31.7. The molecule has 2 aliphatic heterocycles. The number of benzene rings is 1. The van der Waals surface area contributed by atoms with Gasteiger partial charge < -0.3 is 23.8 Å². The molecule has 4 rings (SSSR count). The second-order valence-electron chi connectivity index (χ2n) is 8.90. The highest BCUT2D eigenvalue weighted by atomic mass is 19.1. The Morgan fingerprint density at radius 3 is 2.72 bits per heavy atom. The quantitative estimate of drug-likeness (QED) is 0.615. The summed E-state index contributed by atoms with van der Waals surface area (Å²) in [4.78, 5) is 17.1. The van der Waals surface area contributed by atoms with Gasteiger partial charge in [0.05, 0.1) is 31.4 Å². The number of nitrogens with zero attached hydrogens (tertiary/aromatic N) is 3. The second-order valence-corrected chi connectivity index (χ2v) is 8.90. The Labute approximate surface area is 188 Å². The molecule has 1 unspecified atom stereocenters. The summed E-state index contributed by atoms with van der Waals surface area (Å²) in [6.45, 7) is 8.08. The summed E-state index contributed by atoms with van der Waals surface area (Å²) in [5.74, 6) is 0.516. The smallest absolute Gasteiger partial charge is 0.233 e. The minimum absolute atomic E-state index is 0.0229. The van der Waals surface area contributed by atoms with E-state index < -0.39 is 0 Å². The molecule has 2 saturated heterocycles. The molecule has 0 radical (unpaired) electrons. The number of hydrogen-bond acceptors (Lipinski definition) is 6. The first-order chi connectivity index (χ1) is 15.5. The van der Waals surface area contributed by atoms with Crippen LogP contribution in [0, 0.1) is 11.7 Å². The van der Waals surface area contributed by atoms with E-state index in [9.17, 15) is 9.18 Å². The number of ether oxygens (including phenoxy) is 2. The third-order valence-electron chi connectivity index (χ3n) is 5.93. The molecule has 0 aliphatic carbocycles. The van der Waals surface area contributed by atoms with E-state index in [4.69, 9.17) is 14.0 Å². The van der Waals surface area contributed by atoms with Crippen molar-refractivity contribution in [3.8, 4) is 11.3 Å². The SMILES string of the molecule is CC(C)CC(=O)N(Cc1c(-c2ccccc2F)noc1N1CCOCC1)CC1CCCO1. The second kappa shape index (κ2) is 10.4. The molecule has 2 aromatic rings. The van der Waals surface area contributed by atoms with Crippen molar-refractivity contribution in [2.24, 2.45) is 5.92 Å². The van der Waals surface area contributed by atoms with Crippen molar-refractivity contribution in [1.82, 2.24) is 10.1 Å². The number of rotatable bonds is 8. The molecule has 0 saturated carbocycles. The Kier molecular flexibility index (Phi) is 7.42. The summed E-state index contributed by atoms with van der Waals surface area (Å²) in [7, 11) is 0. The molecule has 1 amide bonds. The van der Waals surface area contributed by atoms with Crippen LogP contribution < -0.4 is 4.90 Å². The van der Waals surface area contributed by atoms with Gasteiger partial charge in [-0.3, -0.25) is 4.79 Å². The topological polar surface area (TPSA) is 68.0 Å². The molecule has 0 N–H and O–H groups in total. The predicted octanol–water partition coefficient (Wildman–Crippen LogP) is 3.87. The molecule has 1 aromatic carbocycles. The van der Waals surface area contributed by atoms with Crippen molar-refractivity contribution in [2.75, 3.05) is 44.4 Å². The number of halogens is 1. The van der Waals surface area contributed by atoms with E-state index in [1.54, 1.807) is 18.2 Å². The van der Waals surface area contributed by atoms with Gasteiger partial charge in [-0.25, -0.2) is 4.39 Å². The fourth-order valence-electron chi connectivity index (χ4n) is 4.28. The van der Waals surface area contributed by atoms with Crippen LogP contribution in [0.25, 0.3) is 11.3 Å². The van der Waals surface area contributed by atoms with Crippen molar-refractivity contribution in [1.29, 1.82) is 0 Å². The first-order valence-electron chi connectivity index (χ1n) is 11.5. The first kappa shape index (κ1) is 22.7. The molecule has 174 valence electrons. The van der Waals surface area contributed by atoms with Crippen LogP contribution in [0.3, 0.4) is 0 Å². The predicted molar refractivity (Wildman–Crippen MR) is 119 cm³/mol. The van der Waals surface area contributed by atoms with Gasteiger partial charge in [-0.2, -0.15) is 0 Å². The minimum Gasteiger partial charge on any atom is -0.378 e. The third kappa shape index (κ3) is 5.30. The largest absolute Gasteiger partial charge is 0.378 e. The maximum Gasteiger partial charge on any atom is 0.233 e. The Bertz CT molecular complexity index is 904. The Balaban J connectivity index is 1.69. The zero-order chi connectivity index (χ0) is 22.5. The van der Waals surface area contributed by atoms with Crippen molar-refractivity contribution in [3.63, 3.8) is 0 Å². The lowest BCUT2D eigenvalue weighted by Gasteiger charge is -2.29. The van der Waals surface area contributed by atoms with E-state index in [0.717, 1.165) is 25.0 Å². The molecule has 2 aliphatic rings. The lowest BCUT2D eigenvalue weighted by Crippen LogP contribution is -2.39. The van der Waals surface area contributed by atoms with Gasteiger partial charge >= 0.3 is 0 Å². The number of carbonyl (C=O) groups excluding carboxylic acids is 1. The maximum atomic E-state index is 14.7. The van der Waals surface area contributed by atoms with Crippen LogP contribution in [0.15, 0.2) is 28.8 Å². The molecule has 8 heteroatoms. The average molecular weight is 446 g/mol. The highest BCUT2D eigenvalue weighted by Crippen LogP contribution is 2.34. The zero-order valence-corrected chi connectivity index (χ0v) is 18.9. The van der Waals surface area contributed by atoms with Crippen LogP contribution in [0.4, 0.5) is 10.3 Å². The van der Waals surface area contributed by atoms with Crippen molar-refractivity contribution in [2.45, 2.75) is 45.8 Å². The van der Waals surface area contributed by atoms with Gasteiger partial charge in [0.15, 0.2) is 0 Å². The van der Waals surface area contributed by atoms with E-state index in [-0.39, 0.29) is 23.7 Å². The van der Waals surface area contributed by atoms with Gasteiger partial charge in [0.25, 0.3) is 0 Å². The molecule has 0 spiro atoms. The lowest BCUT2D eigenvalue weighted by molar-refractivity contribution is -0.134. The standard InChI is InChI=1S/C24H32FN3O4/c1-17(2)14-22(29)28(15-18-6-5-11-31-18)16-20-23(19-7-3-4-8-21(19)25)26-32-24(20)27-9-12-30-13-10-27/h3-4,7-8,17-18H,5-6,9-16H2,1-2H3. The van der Waals surface area contributed by atoms with Crippen molar-refractivity contribution >= 4 is 11.8 Å². The number of hydrogen-bond donors (Lipinski definition) is 0. The van der Waals surface area contributed by atoms with Gasteiger partial charge in [0.1, 0.15) is 11.5 Å². The molecule has 0 bridgehead atoms. The highest BCUT2D eigenvalue weighted by Gasteiger charge is 2.30. The van der Waals surface area contributed by atoms with E-state index >= 15 is 0 Å². The molecule has 3 heterocycles. The van der Waals surface area contributed by atoms with Crippen LogP contribution in [0.5, 0.6) is 0 Å². The summed E-state index contributed by atoms with van der Waals surface area (Å²) in [6.07, 6.45) is 2.41. The van der Waals surface area contributed by atoms with Crippen molar-refractivity contribution in [3.05, 3.63) is 35.6 Å². The molecule has 1 atom stereocenters. The van der Waals surface area contributed by atoms with E-state index in [1.807, 2.05) is 18.7 Å². The van der Waals surface area contributed by atoms with Gasteiger partial charge in [-0.05, 0) is 30.9 Å². The Hall–Kier alpha value is -2.45. The molecular weight excluding hydrogens is 413 g/mol. The molecular formula is C24H32FN3O4. The third-order valence-corrected chi connectivity index (χ3v) is 5.93. The van der Waals surface area contributed by atoms with Crippen LogP contribution in [0.1, 0.15) is 38.7 Å². The van der Waals surface area contributed by atoms with Crippen LogP contribution >= 0.6 is 0 Å². The number of anilines is 1. The van der Waals surface area contributed by atoms with Gasteiger partial charge in [0.2, 0.25) is 11.8 Å². The summed E-state index contributed by atoms with van der Waals surface area (Å²) in [6, 6.07) is 6.53. The van der Waals surface area contributed by atoms with Gasteiger partial charge in [0, 0.05) is 38.2 Å². The summed E-state index contributed by atoms with van der Waals surface area (Å²) in [5.41, 5.74) is 1.55. The maximum absolute atomic E-state index is 14.7. The molecule has 7 nitrogen and oxygen atoms in total. The normalized spacial score (nSPS) is 19.0. The Morgan fingerprint density at radius 1 is 1.25 bits per heavy atom. The van der Waals surface area contributed by atoms with Crippen molar-refractivity contribution < 1.29 is 23.2 Å². The number of carbonyl (C=O) groups is 1. The summed E-state index contributed by atoms with van der Waals surface area (Å²) >= 11 is 0. The monoisotopic (exact) mass is 445 g/mol. The van der Waals surface area contributed by atoms with E-state index in [0.29, 0.717) is 63.0 Å². The van der Waals surface area contributed by atoms with Crippen LogP contribution in [-0.4, -0.2) is 61.5 Å². The lowest BCUT2D eigenvalue weighted by atomic mass is 10.0. The highest BCUT2D eigenvalue weighted by molar-refractivity contribution is 5.77. The minimum atomic E-state index is -0.366. The Morgan fingerprint density at radius 2 is 2.03 bits per heavy atom. The molecule has 2 fully saturated rings. The van der Waals surface area contributed by atoms with E-state index in [2.05, 4.69) is 10.1 Å². The number of morpholine rings is 1.